The zero-order valence-corrected chi connectivity index (χ0v) is 28.4. The third-order valence-electron chi connectivity index (χ3n) is 10.3. The molecule has 2 nitrogen and oxygen atoms in total. The molecule has 0 spiro atoms. The van der Waals surface area contributed by atoms with E-state index in [-0.39, 0.29) is 0 Å². The molecule has 0 bridgehead atoms. The highest BCUT2D eigenvalue weighted by Crippen LogP contribution is 2.47. The molecule has 0 radical (unpaired) electrons. The highest BCUT2D eigenvalue weighted by molar-refractivity contribution is 6.17. The topological polar surface area (TPSA) is 16.4 Å². The Bertz CT molecular complexity index is 2890. The first-order valence-corrected chi connectivity index (χ1v) is 17.8. The number of anilines is 3. The van der Waals surface area contributed by atoms with Crippen molar-refractivity contribution in [2.24, 2.45) is 0 Å². The molecule has 0 N–H and O–H groups in total. The number of fused-ring (bicyclic) bond motifs is 6. The van der Waals surface area contributed by atoms with Crippen LogP contribution in [0.1, 0.15) is 0 Å². The molecule has 52 heavy (non-hydrogen) atoms. The number of rotatable bonds is 6. The average molecular weight is 664 g/mol. The minimum Gasteiger partial charge on any atom is -0.455 e. The summed E-state index contributed by atoms with van der Waals surface area (Å²) in [6.45, 7) is 0. The second-order valence-corrected chi connectivity index (χ2v) is 13.3. The molecule has 0 fully saturated rings. The van der Waals surface area contributed by atoms with Crippen molar-refractivity contribution in [3.63, 3.8) is 0 Å². The van der Waals surface area contributed by atoms with Gasteiger partial charge in [0.2, 0.25) is 0 Å². The van der Waals surface area contributed by atoms with Gasteiger partial charge in [-0.3, -0.25) is 0 Å². The quantitative estimate of drug-likeness (QED) is 0.165. The lowest BCUT2D eigenvalue weighted by Crippen LogP contribution is -2.10. The summed E-state index contributed by atoms with van der Waals surface area (Å²) < 4.78 is 6.72. The SMILES string of the molecule is c1ccc(-c2ccccc2-c2ccc(N(c3ccc4c(ccc5ccccc54)c3)c3ccc(-c4ccccc4)c4oc5ccccc5c34)cc2)cc1. The molecule has 0 saturated heterocycles. The number of hydrogen-bond acceptors (Lipinski definition) is 2. The highest BCUT2D eigenvalue weighted by Gasteiger charge is 2.22. The predicted octanol–water partition coefficient (Wildman–Crippen LogP) is 14.4. The van der Waals surface area contributed by atoms with Gasteiger partial charge < -0.3 is 9.32 Å². The van der Waals surface area contributed by atoms with Gasteiger partial charge in [0.1, 0.15) is 11.2 Å². The molecule has 0 aliphatic rings. The van der Waals surface area contributed by atoms with Gasteiger partial charge in [0.15, 0.2) is 0 Å². The normalized spacial score (nSPS) is 11.5. The van der Waals surface area contributed by atoms with Crippen LogP contribution >= 0.6 is 0 Å². The molecule has 1 aromatic heterocycles. The fraction of sp³-hybridized carbons (Fsp3) is 0. The van der Waals surface area contributed by atoms with E-state index in [1.165, 1.54) is 43.8 Å². The van der Waals surface area contributed by atoms with Crippen molar-refractivity contribution in [3.05, 3.63) is 200 Å². The summed E-state index contributed by atoms with van der Waals surface area (Å²) in [5.74, 6) is 0. The van der Waals surface area contributed by atoms with Gasteiger partial charge in [-0.2, -0.15) is 0 Å². The number of para-hydroxylation sites is 1. The van der Waals surface area contributed by atoms with E-state index in [1.807, 2.05) is 6.07 Å². The van der Waals surface area contributed by atoms with E-state index in [2.05, 4.69) is 199 Å². The lowest BCUT2D eigenvalue weighted by molar-refractivity contribution is 0.670. The first-order chi connectivity index (χ1) is 25.8. The van der Waals surface area contributed by atoms with Crippen molar-refractivity contribution in [3.8, 4) is 33.4 Å². The summed E-state index contributed by atoms with van der Waals surface area (Å²) in [5.41, 5.74) is 12.0. The van der Waals surface area contributed by atoms with Crippen LogP contribution in [-0.2, 0) is 0 Å². The van der Waals surface area contributed by atoms with E-state index in [0.29, 0.717) is 0 Å². The molecule has 0 amide bonds. The molecule has 9 aromatic carbocycles. The minimum absolute atomic E-state index is 0.875. The Labute approximate surface area is 302 Å². The van der Waals surface area contributed by atoms with Crippen molar-refractivity contribution < 1.29 is 4.42 Å². The van der Waals surface area contributed by atoms with Gasteiger partial charge in [-0.1, -0.05) is 158 Å². The third-order valence-corrected chi connectivity index (χ3v) is 10.3. The van der Waals surface area contributed by atoms with Crippen LogP contribution in [0.5, 0.6) is 0 Å². The molecule has 10 aromatic rings. The fourth-order valence-corrected chi connectivity index (χ4v) is 7.80. The summed E-state index contributed by atoms with van der Waals surface area (Å²) >= 11 is 0. The predicted molar refractivity (Wildman–Crippen MR) is 220 cm³/mol. The molecule has 1 heterocycles. The monoisotopic (exact) mass is 663 g/mol. The van der Waals surface area contributed by atoms with Crippen LogP contribution in [0.15, 0.2) is 205 Å². The van der Waals surface area contributed by atoms with E-state index >= 15 is 0 Å². The summed E-state index contributed by atoms with van der Waals surface area (Å²) in [5, 5.41) is 7.13. The van der Waals surface area contributed by atoms with Gasteiger partial charge in [0, 0.05) is 22.3 Å². The summed E-state index contributed by atoms with van der Waals surface area (Å²) in [6, 6.07) is 71.6. The molecule has 2 heteroatoms. The van der Waals surface area contributed by atoms with Crippen molar-refractivity contribution in [1.82, 2.24) is 0 Å². The molecular weight excluding hydrogens is 631 g/mol. The van der Waals surface area contributed by atoms with Gasteiger partial charge in [0.05, 0.1) is 11.1 Å². The first kappa shape index (κ1) is 30.0. The number of nitrogens with zero attached hydrogens (tertiary/aromatic N) is 1. The Morgan fingerprint density at radius 2 is 0.904 bits per heavy atom. The molecule has 0 aliphatic heterocycles. The summed E-state index contributed by atoms with van der Waals surface area (Å²) in [4.78, 5) is 2.39. The minimum atomic E-state index is 0.875. The largest absolute Gasteiger partial charge is 0.455 e. The second-order valence-electron chi connectivity index (χ2n) is 13.3. The first-order valence-electron chi connectivity index (χ1n) is 17.8. The summed E-state index contributed by atoms with van der Waals surface area (Å²) in [6.07, 6.45) is 0. The van der Waals surface area contributed by atoms with Crippen molar-refractivity contribution in [1.29, 1.82) is 0 Å². The Kier molecular flexibility index (Phi) is 7.18. The van der Waals surface area contributed by atoms with Crippen LogP contribution in [0.4, 0.5) is 17.1 Å². The maximum absolute atomic E-state index is 6.72. The summed E-state index contributed by atoms with van der Waals surface area (Å²) in [7, 11) is 0. The zero-order chi connectivity index (χ0) is 34.4. The molecule has 0 unspecified atom stereocenters. The number of benzene rings is 9. The molecule has 0 saturated carbocycles. The van der Waals surface area contributed by atoms with E-state index in [4.69, 9.17) is 4.42 Å². The number of furan rings is 1. The van der Waals surface area contributed by atoms with Gasteiger partial charge in [0.25, 0.3) is 0 Å². The lowest BCUT2D eigenvalue weighted by Gasteiger charge is -2.27. The molecule has 0 aliphatic carbocycles. The number of hydrogen-bond donors (Lipinski definition) is 0. The van der Waals surface area contributed by atoms with Crippen LogP contribution in [0.25, 0.3) is 76.9 Å². The Balaban J connectivity index is 1.20. The van der Waals surface area contributed by atoms with Crippen molar-refractivity contribution in [2.45, 2.75) is 0 Å². The van der Waals surface area contributed by atoms with Crippen molar-refractivity contribution >= 4 is 60.5 Å². The zero-order valence-electron chi connectivity index (χ0n) is 28.4. The Morgan fingerprint density at radius 1 is 0.346 bits per heavy atom. The molecule has 244 valence electrons. The van der Waals surface area contributed by atoms with E-state index in [0.717, 1.165) is 50.1 Å². The van der Waals surface area contributed by atoms with Crippen LogP contribution in [0.3, 0.4) is 0 Å². The van der Waals surface area contributed by atoms with Gasteiger partial charge in [-0.15, -0.1) is 0 Å². The Hall–Kier alpha value is -6.90. The second kappa shape index (κ2) is 12.5. The Morgan fingerprint density at radius 3 is 1.65 bits per heavy atom. The molecule has 0 atom stereocenters. The smallest absolute Gasteiger partial charge is 0.145 e. The fourth-order valence-electron chi connectivity index (χ4n) is 7.80. The van der Waals surface area contributed by atoms with Gasteiger partial charge >= 0.3 is 0 Å². The van der Waals surface area contributed by atoms with Crippen LogP contribution in [0.2, 0.25) is 0 Å². The maximum atomic E-state index is 6.72. The third kappa shape index (κ3) is 5.04. The van der Waals surface area contributed by atoms with E-state index in [9.17, 15) is 0 Å². The van der Waals surface area contributed by atoms with Crippen molar-refractivity contribution in [2.75, 3.05) is 4.90 Å². The van der Waals surface area contributed by atoms with E-state index in [1.54, 1.807) is 0 Å². The molecule has 10 rings (SSSR count). The van der Waals surface area contributed by atoms with Crippen LogP contribution in [0, 0.1) is 0 Å². The van der Waals surface area contributed by atoms with Gasteiger partial charge in [-0.25, -0.2) is 0 Å². The average Bonchev–Trinajstić information content (AvgIpc) is 3.62. The van der Waals surface area contributed by atoms with Crippen LogP contribution in [-0.4, -0.2) is 0 Å². The van der Waals surface area contributed by atoms with Crippen LogP contribution < -0.4 is 4.90 Å². The standard InChI is InChI=1S/C50H33NO/c1-3-13-34(14-4-1)41-19-9-10-20-43(41)37-25-27-39(28-26-37)51(40-29-30-44-38(33-40)24-23-36-17-7-8-18-42(36)44)47-32-31-45(35-15-5-2-6-16-35)50-49(47)46-21-11-12-22-48(46)52-50/h1-33H. The lowest BCUT2D eigenvalue weighted by atomic mass is 9.94. The maximum Gasteiger partial charge on any atom is 0.145 e. The van der Waals surface area contributed by atoms with E-state index < -0.39 is 0 Å². The highest BCUT2D eigenvalue weighted by atomic mass is 16.3. The molecular formula is C50H33NO. The van der Waals surface area contributed by atoms with Gasteiger partial charge in [-0.05, 0) is 91.8 Å².